The van der Waals surface area contributed by atoms with Crippen molar-refractivity contribution in [1.29, 1.82) is 0 Å². The molecule has 2 aromatic carbocycles. The quantitative estimate of drug-likeness (QED) is 0.700. The molecular formula is C14H17N3. The highest BCUT2D eigenvalue weighted by molar-refractivity contribution is 5.72. The van der Waals surface area contributed by atoms with Gasteiger partial charge >= 0.3 is 0 Å². The van der Waals surface area contributed by atoms with E-state index in [9.17, 15) is 0 Å². The summed E-state index contributed by atoms with van der Waals surface area (Å²) in [5.74, 6) is 0. The molecule has 0 aromatic heterocycles. The molecule has 0 bridgehead atoms. The molecule has 0 spiro atoms. The van der Waals surface area contributed by atoms with Gasteiger partial charge < -0.3 is 17.2 Å². The molecular weight excluding hydrogens is 210 g/mol. The number of hydrogen-bond acceptors (Lipinski definition) is 3. The van der Waals surface area contributed by atoms with Gasteiger partial charge in [-0.2, -0.15) is 0 Å². The molecule has 0 aliphatic heterocycles. The van der Waals surface area contributed by atoms with Gasteiger partial charge in [0, 0.05) is 18.8 Å². The molecule has 0 atom stereocenters. The standard InChI is InChI=1S/C14H17N3/c15-8-11-2-1-3-12(9-16)14(11)10-4-6-13(17)7-5-10/h1-7H,8-9,15-17H2. The molecule has 3 heteroatoms. The van der Waals surface area contributed by atoms with Gasteiger partial charge in [0.25, 0.3) is 0 Å². The second-order valence-electron chi connectivity index (χ2n) is 3.98. The zero-order valence-electron chi connectivity index (χ0n) is 9.69. The van der Waals surface area contributed by atoms with E-state index < -0.39 is 0 Å². The van der Waals surface area contributed by atoms with Crippen molar-refractivity contribution in [2.45, 2.75) is 13.1 Å². The summed E-state index contributed by atoms with van der Waals surface area (Å²) in [6, 6.07) is 13.8. The Balaban J connectivity index is 2.59. The van der Waals surface area contributed by atoms with Crippen LogP contribution in [0.4, 0.5) is 5.69 Å². The summed E-state index contributed by atoms with van der Waals surface area (Å²) in [5.41, 5.74) is 22.5. The Morgan fingerprint density at radius 2 is 1.29 bits per heavy atom. The molecule has 2 aromatic rings. The number of nitrogen functional groups attached to an aromatic ring is 1. The van der Waals surface area contributed by atoms with Crippen LogP contribution < -0.4 is 17.2 Å². The summed E-state index contributed by atoms with van der Waals surface area (Å²) in [4.78, 5) is 0. The zero-order valence-corrected chi connectivity index (χ0v) is 9.69. The smallest absolute Gasteiger partial charge is 0.0314 e. The summed E-state index contributed by atoms with van der Waals surface area (Å²) in [7, 11) is 0. The molecule has 3 nitrogen and oxygen atoms in total. The van der Waals surface area contributed by atoms with Crippen LogP contribution in [0.25, 0.3) is 11.1 Å². The van der Waals surface area contributed by atoms with E-state index in [0.29, 0.717) is 13.1 Å². The fourth-order valence-corrected chi connectivity index (χ4v) is 2.01. The fraction of sp³-hybridized carbons (Fsp3) is 0.143. The first kappa shape index (κ1) is 11.6. The summed E-state index contributed by atoms with van der Waals surface area (Å²) < 4.78 is 0. The predicted octanol–water partition coefficient (Wildman–Crippen LogP) is 1.85. The summed E-state index contributed by atoms with van der Waals surface area (Å²) >= 11 is 0. The largest absolute Gasteiger partial charge is 0.399 e. The average Bonchev–Trinajstić information content (AvgIpc) is 2.38. The number of benzene rings is 2. The molecule has 0 saturated heterocycles. The van der Waals surface area contributed by atoms with E-state index in [1.165, 1.54) is 0 Å². The molecule has 2 rings (SSSR count). The lowest BCUT2D eigenvalue weighted by Gasteiger charge is -2.13. The van der Waals surface area contributed by atoms with Crippen molar-refractivity contribution in [2.24, 2.45) is 11.5 Å². The molecule has 88 valence electrons. The number of anilines is 1. The first-order valence-corrected chi connectivity index (χ1v) is 5.63. The van der Waals surface area contributed by atoms with Gasteiger partial charge in [0.15, 0.2) is 0 Å². The van der Waals surface area contributed by atoms with Crippen LogP contribution in [-0.4, -0.2) is 0 Å². The lowest BCUT2D eigenvalue weighted by Crippen LogP contribution is -2.05. The van der Waals surface area contributed by atoms with E-state index in [-0.39, 0.29) is 0 Å². The van der Waals surface area contributed by atoms with Crippen molar-refractivity contribution in [3.05, 3.63) is 53.6 Å². The average molecular weight is 227 g/mol. The van der Waals surface area contributed by atoms with E-state index in [1.54, 1.807) is 0 Å². The second-order valence-corrected chi connectivity index (χ2v) is 3.98. The van der Waals surface area contributed by atoms with E-state index in [4.69, 9.17) is 17.2 Å². The molecule has 0 heterocycles. The van der Waals surface area contributed by atoms with E-state index in [1.807, 2.05) is 42.5 Å². The van der Waals surface area contributed by atoms with Crippen LogP contribution in [-0.2, 0) is 13.1 Å². The summed E-state index contributed by atoms with van der Waals surface area (Å²) in [6.45, 7) is 1.01. The Kier molecular flexibility index (Phi) is 3.42. The van der Waals surface area contributed by atoms with Crippen molar-refractivity contribution in [1.82, 2.24) is 0 Å². The van der Waals surface area contributed by atoms with Crippen molar-refractivity contribution in [3.63, 3.8) is 0 Å². The van der Waals surface area contributed by atoms with Gasteiger partial charge in [-0.25, -0.2) is 0 Å². The Morgan fingerprint density at radius 1 is 0.765 bits per heavy atom. The maximum absolute atomic E-state index is 5.78. The summed E-state index contributed by atoms with van der Waals surface area (Å²) in [5, 5.41) is 0. The molecule has 17 heavy (non-hydrogen) atoms. The van der Waals surface area contributed by atoms with Crippen molar-refractivity contribution >= 4 is 5.69 Å². The molecule has 0 amide bonds. The van der Waals surface area contributed by atoms with Gasteiger partial charge in [0.05, 0.1) is 0 Å². The molecule has 0 saturated carbocycles. The minimum Gasteiger partial charge on any atom is -0.399 e. The SMILES string of the molecule is NCc1cccc(CN)c1-c1ccc(N)cc1. The molecule has 0 radical (unpaired) electrons. The summed E-state index contributed by atoms with van der Waals surface area (Å²) in [6.07, 6.45) is 0. The number of rotatable bonds is 3. The van der Waals surface area contributed by atoms with Crippen molar-refractivity contribution < 1.29 is 0 Å². The third-order valence-electron chi connectivity index (χ3n) is 2.88. The molecule has 0 fully saturated rings. The normalized spacial score (nSPS) is 10.5. The maximum Gasteiger partial charge on any atom is 0.0314 e. The van der Waals surface area contributed by atoms with Crippen LogP contribution in [0, 0.1) is 0 Å². The fourth-order valence-electron chi connectivity index (χ4n) is 2.01. The third kappa shape index (κ3) is 2.30. The minimum atomic E-state index is 0.507. The van der Waals surface area contributed by atoms with Gasteiger partial charge in [-0.3, -0.25) is 0 Å². The Morgan fingerprint density at radius 3 is 1.76 bits per heavy atom. The number of hydrogen-bond donors (Lipinski definition) is 3. The van der Waals surface area contributed by atoms with Crippen LogP contribution in [0.2, 0.25) is 0 Å². The highest BCUT2D eigenvalue weighted by Crippen LogP contribution is 2.28. The van der Waals surface area contributed by atoms with Crippen LogP contribution in [0.15, 0.2) is 42.5 Å². The second kappa shape index (κ2) is 4.99. The van der Waals surface area contributed by atoms with Crippen LogP contribution >= 0.6 is 0 Å². The molecule has 0 aliphatic rings. The zero-order chi connectivity index (χ0) is 12.3. The minimum absolute atomic E-state index is 0.507. The molecule has 0 unspecified atom stereocenters. The predicted molar refractivity (Wildman–Crippen MR) is 72.1 cm³/mol. The van der Waals surface area contributed by atoms with Crippen molar-refractivity contribution in [2.75, 3.05) is 5.73 Å². The highest BCUT2D eigenvalue weighted by Gasteiger charge is 2.08. The molecule has 6 N–H and O–H groups in total. The maximum atomic E-state index is 5.78. The first-order valence-electron chi connectivity index (χ1n) is 5.63. The lowest BCUT2D eigenvalue weighted by molar-refractivity contribution is 1.03. The van der Waals surface area contributed by atoms with Gasteiger partial charge in [-0.05, 0) is 34.4 Å². The monoisotopic (exact) mass is 227 g/mol. The molecule has 0 aliphatic carbocycles. The first-order chi connectivity index (χ1) is 8.26. The topological polar surface area (TPSA) is 78.1 Å². The highest BCUT2D eigenvalue weighted by atomic mass is 14.6. The Hall–Kier alpha value is -1.84. The van der Waals surface area contributed by atoms with Crippen LogP contribution in [0.3, 0.4) is 0 Å². The van der Waals surface area contributed by atoms with Crippen molar-refractivity contribution in [3.8, 4) is 11.1 Å². The van der Waals surface area contributed by atoms with E-state index in [2.05, 4.69) is 0 Å². The van der Waals surface area contributed by atoms with E-state index >= 15 is 0 Å². The lowest BCUT2D eigenvalue weighted by atomic mass is 9.94. The Bertz CT molecular complexity index is 481. The van der Waals surface area contributed by atoms with E-state index in [0.717, 1.165) is 27.9 Å². The van der Waals surface area contributed by atoms with Gasteiger partial charge in [-0.1, -0.05) is 30.3 Å². The van der Waals surface area contributed by atoms with Crippen LogP contribution in [0.1, 0.15) is 11.1 Å². The number of nitrogens with two attached hydrogens (primary N) is 3. The van der Waals surface area contributed by atoms with Gasteiger partial charge in [-0.15, -0.1) is 0 Å². The van der Waals surface area contributed by atoms with Gasteiger partial charge in [0.2, 0.25) is 0 Å². The van der Waals surface area contributed by atoms with Gasteiger partial charge in [0.1, 0.15) is 0 Å². The Labute approximate surface area is 101 Å². The van der Waals surface area contributed by atoms with Crippen LogP contribution in [0.5, 0.6) is 0 Å². The third-order valence-corrected chi connectivity index (χ3v) is 2.88.